The van der Waals surface area contributed by atoms with Gasteiger partial charge in [0.2, 0.25) is 0 Å². The highest BCUT2D eigenvalue weighted by atomic mass is 14.2. The van der Waals surface area contributed by atoms with Crippen molar-refractivity contribution in [1.29, 1.82) is 0 Å². The van der Waals surface area contributed by atoms with E-state index in [-0.39, 0.29) is 0 Å². The minimum absolute atomic E-state index is 0.881. The van der Waals surface area contributed by atoms with Gasteiger partial charge >= 0.3 is 0 Å². The van der Waals surface area contributed by atoms with E-state index in [0.717, 1.165) is 6.42 Å². The molecule has 3 aromatic carbocycles. The summed E-state index contributed by atoms with van der Waals surface area (Å²) >= 11 is 0. The van der Waals surface area contributed by atoms with E-state index in [4.69, 9.17) is 0 Å². The summed E-state index contributed by atoms with van der Waals surface area (Å²) in [7, 11) is 2.19. The standard InChI is InChI=1S/C24H21B/c1-3-5-8-16(7-4-2)17-11-12-18-20-13-14-23(25)21-10-6-9-19(24(20)21)22(18)15-17/h3-4,6-15H,1,5,25H2,2H3/b7-4-,16-8+. The maximum atomic E-state index is 3.84. The van der Waals surface area contributed by atoms with E-state index in [2.05, 4.69) is 88.1 Å². The lowest BCUT2D eigenvalue weighted by Gasteiger charge is -2.08. The summed E-state index contributed by atoms with van der Waals surface area (Å²) in [5, 5.41) is 2.76. The van der Waals surface area contributed by atoms with E-state index in [1.807, 2.05) is 6.08 Å². The molecule has 0 radical (unpaired) electrons. The number of rotatable bonds is 4. The lowest BCUT2D eigenvalue weighted by atomic mass is 9.88. The van der Waals surface area contributed by atoms with Crippen LogP contribution in [0.1, 0.15) is 18.9 Å². The maximum absolute atomic E-state index is 3.84. The fraction of sp³-hybridized carbons (Fsp3) is 0.0833. The molecule has 0 saturated carbocycles. The van der Waals surface area contributed by atoms with Crippen molar-refractivity contribution in [3.8, 4) is 22.3 Å². The molecule has 0 saturated heterocycles. The van der Waals surface area contributed by atoms with Gasteiger partial charge in [0, 0.05) is 0 Å². The summed E-state index contributed by atoms with van der Waals surface area (Å²) in [5.41, 5.74) is 9.27. The molecule has 0 aliphatic heterocycles. The third-order valence-corrected chi connectivity index (χ3v) is 5.04. The Morgan fingerprint density at radius 2 is 1.80 bits per heavy atom. The van der Waals surface area contributed by atoms with Crippen LogP contribution in [0.4, 0.5) is 0 Å². The summed E-state index contributed by atoms with van der Waals surface area (Å²) in [6.45, 7) is 5.90. The van der Waals surface area contributed by atoms with Gasteiger partial charge in [-0.15, -0.1) is 6.58 Å². The smallest absolute Gasteiger partial charge is 0.103 e. The molecule has 120 valence electrons. The summed E-state index contributed by atoms with van der Waals surface area (Å²) in [6, 6.07) is 18.0. The topological polar surface area (TPSA) is 0 Å². The van der Waals surface area contributed by atoms with Gasteiger partial charge in [-0.05, 0) is 63.6 Å². The van der Waals surface area contributed by atoms with Gasteiger partial charge < -0.3 is 0 Å². The minimum Gasteiger partial charge on any atom is -0.103 e. The zero-order valence-corrected chi connectivity index (χ0v) is 14.8. The van der Waals surface area contributed by atoms with Crippen LogP contribution in [0.5, 0.6) is 0 Å². The Balaban J connectivity index is 1.94. The number of hydrogen-bond acceptors (Lipinski definition) is 0. The van der Waals surface area contributed by atoms with Gasteiger partial charge in [-0.2, -0.15) is 0 Å². The van der Waals surface area contributed by atoms with E-state index in [0.29, 0.717) is 0 Å². The third kappa shape index (κ3) is 2.48. The zero-order chi connectivity index (χ0) is 17.4. The molecular formula is C24H21B. The first-order valence-corrected chi connectivity index (χ1v) is 8.86. The van der Waals surface area contributed by atoms with Gasteiger partial charge in [0.15, 0.2) is 0 Å². The molecule has 1 aliphatic rings. The molecule has 0 atom stereocenters. The van der Waals surface area contributed by atoms with E-state index in [1.54, 1.807) is 0 Å². The Morgan fingerprint density at radius 3 is 2.60 bits per heavy atom. The fourth-order valence-corrected chi connectivity index (χ4v) is 3.85. The normalized spacial score (nSPS) is 12.8. The molecule has 25 heavy (non-hydrogen) atoms. The molecule has 0 spiro atoms. The average Bonchev–Trinajstić information content (AvgIpc) is 2.96. The van der Waals surface area contributed by atoms with Gasteiger partial charge in [0.25, 0.3) is 0 Å². The van der Waals surface area contributed by atoms with Crippen molar-refractivity contribution in [1.82, 2.24) is 0 Å². The van der Waals surface area contributed by atoms with Crippen LogP contribution in [0.2, 0.25) is 0 Å². The highest BCUT2D eigenvalue weighted by Crippen LogP contribution is 2.47. The average molecular weight is 320 g/mol. The van der Waals surface area contributed by atoms with Crippen LogP contribution in [0.15, 0.2) is 79.4 Å². The van der Waals surface area contributed by atoms with Crippen LogP contribution in [0.25, 0.3) is 38.6 Å². The van der Waals surface area contributed by atoms with Crippen LogP contribution in [-0.2, 0) is 0 Å². The Bertz CT molecular complexity index is 1050. The van der Waals surface area contributed by atoms with E-state index in [1.165, 1.54) is 49.6 Å². The third-order valence-electron chi connectivity index (χ3n) is 5.04. The quantitative estimate of drug-likeness (QED) is 0.273. The molecule has 4 rings (SSSR count). The molecule has 1 heteroatoms. The second-order valence-corrected chi connectivity index (χ2v) is 6.60. The van der Waals surface area contributed by atoms with Gasteiger partial charge in [-0.3, -0.25) is 0 Å². The Morgan fingerprint density at radius 1 is 1.00 bits per heavy atom. The number of allylic oxidation sites excluding steroid dienone is 5. The van der Waals surface area contributed by atoms with Crippen molar-refractivity contribution >= 4 is 29.7 Å². The van der Waals surface area contributed by atoms with Crippen molar-refractivity contribution in [3.05, 3.63) is 85.0 Å². The lowest BCUT2D eigenvalue weighted by molar-refractivity contribution is 1.40. The van der Waals surface area contributed by atoms with E-state index >= 15 is 0 Å². The Kier molecular flexibility index (Phi) is 3.93. The first-order chi connectivity index (χ1) is 12.2. The summed E-state index contributed by atoms with van der Waals surface area (Å²) in [6.07, 6.45) is 9.34. The number of fused-ring (bicyclic) bond motifs is 3. The SMILES string of the molecule is Bc1ccc2c3c(cccc13)-c1cc(C(/C=C\C)=C/CC=C)ccc1-2. The summed E-state index contributed by atoms with van der Waals surface area (Å²) in [5.74, 6) is 0. The molecule has 0 nitrogen and oxygen atoms in total. The molecule has 0 heterocycles. The Hall–Kier alpha value is -2.80. The molecule has 0 fully saturated rings. The molecule has 0 aromatic heterocycles. The van der Waals surface area contributed by atoms with Crippen molar-refractivity contribution in [2.75, 3.05) is 0 Å². The van der Waals surface area contributed by atoms with Gasteiger partial charge in [0.05, 0.1) is 0 Å². The van der Waals surface area contributed by atoms with Crippen LogP contribution in [0.3, 0.4) is 0 Å². The van der Waals surface area contributed by atoms with Gasteiger partial charge in [-0.1, -0.05) is 72.2 Å². The predicted molar refractivity (Wildman–Crippen MR) is 114 cm³/mol. The largest absolute Gasteiger partial charge is 0.140 e. The van der Waals surface area contributed by atoms with Crippen LogP contribution in [-0.4, -0.2) is 7.85 Å². The Labute approximate surface area is 150 Å². The molecule has 0 amide bonds. The highest BCUT2D eigenvalue weighted by Gasteiger charge is 2.21. The highest BCUT2D eigenvalue weighted by molar-refractivity contribution is 6.40. The van der Waals surface area contributed by atoms with Crippen molar-refractivity contribution in [2.45, 2.75) is 13.3 Å². The second-order valence-electron chi connectivity index (χ2n) is 6.60. The number of benzene rings is 3. The molecule has 0 unspecified atom stereocenters. The van der Waals surface area contributed by atoms with Crippen molar-refractivity contribution < 1.29 is 0 Å². The molecule has 0 bridgehead atoms. The first kappa shape index (κ1) is 15.7. The maximum Gasteiger partial charge on any atom is 0.140 e. The summed E-state index contributed by atoms with van der Waals surface area (Å²) in [4.78, 5) is 0. The van der Waals surface area contributed by atoms with E-state index in [9.17, 15) is 0 Å². The van der Waals surface area contributed by atoms with Crippen molar-refractivity contribution in [3.63, 3.8) is 0 Å². The molecular weight excluding hydrogens is 299 g/mol. The fourth-order valence-electron chi connectivity index (χ4n) is 3.85. The zero-order valence-electron chi connectivity index (χ0n) is 14.8. The summed E-state index contributed by atoms with van der Waals surface area (Å²) < 4.78 is 0. The van der Waals surface area contributed by atoms with Crippen molar-refractivity contribution in [2.24, 2.45) is 0 Å². The van der Waals surface area contributed by atoms with Gasteiger partial charge in [0.1, 0.15) is 7.85 Å². The van der Waals surface area contributed by atoms with Crippen LogP contribution in [0, 0.1) is 0 Å². The predicted octanol–water partition coefficient (Wildman–Crippen LogP) is 5.28. The minimum atomic E-state index is 0.881. The molecule has 3 aromatic rings. The molecule has 1 aliphatic carbocycles. The monoisotopic (exact) mass is 320 g/mol. The van der Waals surface area contributed by atoms with Gasteiger partial charge in [-0.25, -0.2) is 0 Å². The number of hydrogen-bond donors (Lipinski definition) is 0. The second kappa shape index (κ2) is 6.25. The van der Waals surface area contributed by atoms with E-state index < -0.39 is 0 Å². The lowest BCUT2D eigenvalue weighted by Crippen LogP contribution is -2.02. The first-order valence-electron chi connectivity index (χ1n) is 8.86. The molecule has 0 N–H and O–H groups in total. The van der Waals surface area contributed by atoms with Crippen LogP contribution >= 0.6 is 0 Å². The van der Waals surface area contributed by atoms with Crippen LogP contribution < -0.4 is 5.46 Å².